The Labute approximate surface area is 120 Å². The van der Waals surface area contributed by atoms with Crippen molar-refractivity contribution in [3.8, 4) is 0 Å². The molecule has 0 spiro atoms. The quantitative estimate of drug-likeness (QED) is 0.872. The molecule has 3 rings (SSSR count). The summed E-state index contributed by atoms with van der Waals surface area (Å²) < 4.78 is 5.36. The van der Waals surface area contributed by atoms with Gasteiger partial charge < -0.3 is 20.3 Å². The minimum atomic E-state index is 0.600. The Kier molecular flexibility index (Phi) is 4.71. The van der Waals surface area contributed by atoms with Crippen LogP contribution in [0.25, 0.3) is 0 Å². The van der Waals surface area contributed by atoms with E-state index in [4.69, 9.17) is 4.74 Å². The molecule has 1 aromatic rings. The van der Waals surface area contributed by atoms with Crippen molar-refractivity contribution in [1.82, 2.24) is 10.3 Å². The highest BCUT2D eigenvalue weighted by atomic mass is 16.5. The summed E-state index contributed by atoms with van der Waals surface area (Å²) in [5.74, 6) is 1.05. The Hall–Kier alpha value is -1.33. The van der Waals surface area contributed by atoms with Gasteiger partial charge in [-0.05, 0) is 31.5 Å². The third-order valence-corrected chi connectivity index (χ3v) is 4.05. The lowest BCUT2D eigenvalue weighted by molar-refractivity contribution is 0.122. The maximum atomic E-state index is 5.36. The summed E-state index contributed by atoms with van der Waals surface area (Å²) in [6.45, 7) is 5.61. The van der Waals surface area contributed by atoms with Crippen molar-refractivity contribution in [3.05, 3.63) is 18.3 Å². The molecule has 2 fully saturated rings. The number of anilines is 2. The molecular weight excluding hydrogens is 252 g/mol. The van der Waals surface area contributed by atoms with Crippen LogP contribution in [-0.4, -0.2) is 50.4 Å². The van der Waals surface area contributed by atoms with E-state index in [1.807, 2.05) is 6.20 Å². The van der Waals surface area contributed by atoms with E-state index in [0.717, 1.165) is 50.9 Å². The minimum Gasteiger partial charge on any atom is -0.382 e. The highest BCUT2D eigenvalue weighted by molar-refractivity contribution is 5.48. The number of morpholine rings is 1. The maximum absolute atomic E-state index is 5.36. The van der Waals surface area contributed by atoms with Gasteiger partial charge in [0.15, 0.2) is 0 Å². The van der Waals surface area contributed by atoms with E-state index in [1.165, 1.54) is 19.3 Å². The molecule has 2 N–H and O–H groups in total. The van der Waals surface area contributed by atoms with Crippen LogP contribution in [0.5, 0.6) is 0 Å². The van der Waals surface area contributed by atoms with Crippen molar-refractivity contribution >= 4 is 11.5 Å². The zero-order valence-electron chi connectivity index (χ0n) is 12.0. The molecule has 3 heterocycles. The first-order chi connectivity index (χ1) is 9.92. The van der Waals surface area contributed by atoms with Gasteiger partial charge in [0.25, 0.3) is 0 Å². The van der Waals surface area contributed by atoms with Gasteiger partial charge in [0.05, 0.1) is 25.1 Å². The molecule has 2 saturated heterocycles. The first-order valence-electron chi connectivity index (χ1n) is 7.68. The van der Waals surface area contributed by atoms with Gasteiger partial charge in [-0.1, -0.05) is 6.42 Å². The number of aromatic nitrogens is 1. The van der Waals surface area contributed by atoms with Gasteiger partial charge in [-0.25, -0.2) is 4.98 Å². The lowest BCUT2D eigenvalue weighted by Gasteiger charge is -2.28. The van der Waals surface area contributed by atoms with E-state index in [1.54, 1.807) is 0 Å². The Balaban J connectivity index is 1.50. The lowest BCUT2D eigenvalue weighted by Crippen LogP contribution is -2.39. The molecule has 5 nitrogen and oxygen atoms in total. The number of piperidine rings is 1. The van der Waals surface area contributed by atoms with Crippen molar-refractivity contribution in [2.24, 2.45) is 0 Å². The summed E-state index contributed by atoms with van der Waals surface area (Å²) in [5, 5.41) is 7.02. The van der Waals surface area contributed by atoms with Gasteiger partial charge in [0.2, 0.25) is 0 Å². The molecule has 0 aliphatic carbocycles. The third kappa shape index (κ3) is 3.61. The average molecular weight is 276 g/mol. The molecular formula is C15H24N4O. The number of rotatable bonds is 4. The summed E-state index contributed by atoms with van der Waals surface area (Å²) in [7, 11) is 0. The van der Waals surface area contributed by atoms with Crippen molar-refractivity contribution in [3.63, 3.8) is 0 Å². The van der Waals surface area contributed by atoms with Crippen LogP contribution in [0.15, 0.2) is 18.3 Å². The van der Waals surface area contributed by atoms with Crippen LogP contribution in [0.4, 0.5) is 11.5 Å². The molecule has 2 aliphatic rings. The number of hydrogen-bond donors (Lipinski definition) is 2. The molecule has 2 aliphatic heterocycles. The lowest BCUT2D eigenvalue weighted by atomic mass is 10.1. The van der Waals surface area contributed by atoms with Gasteiger partial charge >= 0.3 is 0 Å². The number of nitrogens with one attached hydrogen (secondary N) is 2. The fraction of sp³-hybridized carbons (Fsp3) is 0.667. The Morgan fingerprint density at radius 2 is 2.20 bits per heavy atom. The number of nitrogens with zero attached hydrogens (tertiary/aromatic N) is 2. The molecule has 1 aromatic heterocycles. The second kappa shape index (κ2) is 6.90. The standard InChI is InChI=1S/C15H24N4O/c1-2-6-16-13(3-1)11-17-14-4-5-15(18-12-14)19-7-9-20-10-8-19/h4-5,12-13,16-17H,1-3,6-11H2. The van der Waals surface area contributed by atoms with Crippen LogP contribution in [0.1, 0.15) is 19.3 Å². The number of ether oxygens (including phenoxy) is 1. The Morgan fingerprint density at radius 3 is 2.90 bits per heavy atom. The summed E-state index contributed by atoms with van der Waals surface area (Å²) in [4.78, 5) is 6.83. The second-order valence-electron chi connectivity index (χ2n) is 5.53. The molecule has 0 saturated carbocycles. The Morgan fingerprint density at radius 1 is 1.30 bits per heavy atom. The summed E-state index contributed by atoms with van der Waals surface area (Å²) in [6.07, 6.45) is 5.86. The van der Waals surface area contributed by atoms with Gasteiger partial charge in [-0.3, -0.25) is 0 Å². The fourth-order valence-electron chi connectivity index (χ4n) is 2.81. The molecule has 1 unspecified atom stereocenters. The zero-order chi connectivity index (χ0) is 13.6. The van der Waals surface area contributed by atoms with Crippen LogP contribution in [0.2, 0.25) is 0 Å². The third-order valence-electron chi connectivity index (χ3n) is 4.05. The van der Waals surface area contributed by atoms with E-state index >= 15 is 0 Å². The van der Waals surface area contributed by atoms with E-state index in [-0.39, 0.29) is 0 Å². The zero-order valence-corrected chi connectivity index (χ0v) is 12.0. The fourth-order valence-corrected chi connectivity index (χ4v) is 2.81. The largest absolute Gasteiger partial charge is 0.382 e. The van der Waals surface area contributed by atoms with Gasteiger partial charge in [0.1, 0.15) is 5.82 Å². The first-order valence-corrected chi connectivity index (χ1v) is 7.68. The second-order valence-corrected chi connectivity index (χ2v) is 5.53. The molecule has 0 radical (unpaired) electrons. The minimum absolute atomic E-state index is 0.600. The smallest absolute Gasteiger partial charge is 0.128 e. The van der Waals surface area contributed by atoms with Gasteiger partial charge in [0, 0.05) is 25.7 Å². The normalized spacial score (nSPS) is 23.6. The van der Waals surface area contributed by atoms with Crippen molar-refractivity contribution in [2.75, 3.05) is 49.6 Å². The number of hydrogen-bond acceptors (Lipinski definition) is 5. The van der Waals surface area contributed by atoms with E-state index in [0.29, 0.717) is 6.04 Å². The molecule has 20 heavy (non-hydrogen) atoms. The predicted octanol–water partition coefficient (Wildman–Crippen LogP) is 1.47. The Bertz CT molecular complexity index is 397. The number of pyridine rings is 1. The maximum Gasteiger partial charge on any atom is 0.128 e. The van der Waals surface area contributed by atoms with Crippen LogP contribution in [-0.2, 0) is 4.74 Å². The predicted molar refractivity (Wildman–Crippen MR) is 81.4 cm³/mol. The van der Waals surface area contributed by atoms with Crippen molar-refractivity contribution in [2.45, 2.75) is 25.3 Å². The van der Waals surface area contributed by atoms with E-state index in [2.05, 4.69) is 32.7 Å². The van der Waals surface area contributed by atoms with Crippen molar-refractivity contribution in [1.29, 1.82) is 0 Å². The van der Waals surface area contributed by atoms with Crippen LogP contribution >= 0.6 is 0 Å². The highest BCUT2D eigenvalue weighted by Gasteiger charge is 2.13. The summed E-state index contributed by atoms with van der Waals surface area (Å²) in [5.41, 5.74) is 1.11. The molecule has 1 atom stereocenters. The first kappa shape index (κ1) is 13.6. The summed E-state index contributed by atoms with van der Waals surface area (Å²) in [6, 6.07) is 4.82. The van der Waals surface area contributed by atoms with Crippen molar-refractivity contribution < 1.29 is 4.74 Å². The molecule has 0 aromatic carbocycles. The van der Waals surface area contributed by atoms with Crippen LogP contribution < -0.4 is 15.5 Å². The van der Waals surface area contributed by atoms with Gasteiger partial charge in [-0.15, -0.1) is 0 Å². The van der Waals surface area contributed by atoms with Gasteiger partial charge in [-0.2, -0.15) is 0 Å². The molecule has 5 heteroatoms. The molecule has 110 valence electrons. The monoisotopic (exact) mass is 276 g/mol. The van der Waals surface area contributed by atoms with Crippen LogP contribution in [0.3, 0.4) is 0 Å². The molecule has 0 amide bonds. The summed E-state index contributed by atoms with van der Waals surface area (Å²) >= 11 is 0. The average Bonchev–Trinajstić information content (AvgIpc) is 2.55. The molecule has 0 bridgehead atoms. The van der Waals surface area contributed by atoms with E-state index in [9.17, 15) is 0 Å². The topological polar surface area (TPSA) is 49.4 Å². The van der Waals surface area contributed by atoms with Crippen LogP contribution in [0, 0.1) is 0 Å². The SMILES string of the molecule is c1cc(N2CCOCC2)ncc1NCC1CCCCN1. The highest BCUT2D eigenvalue weighted by Crippen LogP contribution is 2.16. The van der Waals surface area contributed by atoms with E-state index < -0.39 is 0 Å².